The third-order valence-electron chi connectivity index (χ3n) is 4.10. The Bertz CT molecular complexity index is 328. The standard InChI is InChI=1S/C16H31BrO2.C5H9BrO2/c1-3-5-7-11-15(12-8-6-4-2)19-16(18)13-9-10-14-17;6-4-2-1-3-5(7)8/h15H,3-14H2,1-2H3;1-4H2,(H,7,8). The van der Waals surface area contributed by atoms with Crippen LogP contribution in [0, 0.1) is 0 Å². The summed E-state index contributed by atoms with van der Waals surface area (Å²) in [6, 6.07) is 0. The van der Waals surface area contributed by atoms with E-state index < -0.39 is 5.97 Å². The quantitative estimate of drug-likeness (QED) is 0.126. The van der Waals surface area contributed by atoms with E-state index in [2.05, 4.69) is 45.7 Å². The number of carboxylic acids is 1. The van der Waals surface area contributed by atoms with Crippen LogP contribution < -0.4 is 0 Å². The van der Waals surface area contributed by atoms with Crippen LogP contribution in [0.1, 0.15) is 104 Å². The molecule has 1 N–H and O–H groups in total. The first-order valence-electron chi connectivity index (χ1n) is 10.5. The van der Waals surface area contributed by atoms with Gasteiger partial charge in [-0.3, -0.25) is 9.59 Å². The Hall–Kier alpha value is -0.100. The van der Waals surface area contributed by atoms with Crippen LogP contribution in [0.25, 0.3) is 0 Å². The fraction of sp³-hybridized carbons (Fsp3) is 0.905. The van der Waals surface area contributed by atoms with Crippen molar-refractivity contribution in [2.24, 2.45) is 0 Å². The highest BCUT2D eigenvalue weighted by Gasteiger charge is 2.13. The highest BCUT2D eigenvalue weighted by molar-refractivity contribution is 9.09. The van der Waals surface area contributed by atoms with Crippen LogP contribution >= 0.6 is 31.9 Å². The van der Waals surface area contributed by atoms with E-state index >= 15 is 0 Å². The van der Waals surface area contributed by atoms with Crippen LogP contribution in [0.2, 0.25) is 0 Å². The summed E-state index contributed by atoms with van der Waals surface area (Å²) < 4.78 is 5.64. The normalized spacial score (nSPS) is 10.4. The molecule has 0 aromatic carbocycles. The maximum atomic E-state index is 11.8. The Morgan fingerprint density at radius 3 is 1.67 bits per heavy atom. The lowest BCUT2D eigenvalue weighted by molar-refractivity contribution is -0.150. The summed E-state index contributed by atoms with van der Waals surface area (Å²) in [5, 5.41) is 10.00. The molecule has 0 saturated carbocycles. The van der Waals surface area contributed by atoms with E-state index in [0.717, 1.165) is 49.2 Å². The molecule has 0 fully saturated rings. The van der Waals surface area contributed by atoms with Crippen molar-refractivity contribution in [1.29, 1.82) is 0 Å². The summed E-state index contributed by atoms with van der Waals surface area (Å²) in [5.41, 5.74) is 0. The van der Waals surface area contributed by atoms with Gasteiger partial charge in [0.25, 0.3) is 0 Å². The minimum absolute atomic E-state index is 0.000975. The second kappa shape index (κ2) is 23.9. The molecule has 0 spiro atoms. The molecule has 0 radical (unpaired) electrons. The third-order valence-corrected chi connectivity index (χ3v) is 5.22. The van der Waals surface area contributed by atoms with Gasteiger partial charge in [0.15, 0.2) is 0 Å². The molecular weight excluding hydrogens is 476 g/mol. The molecule has 27 heavy (non-hydrogen) atoms. The number of hydrogen-bond acceptors (Lipinski definition) is 3. The Morgan fingerprint density at radius 1 is 0.778 bits per heavy atom. The molecule has 0 saturated heterocycles. The van der Waals surface area contributed by atoms with Gasteiger partial charge in [0.2, 0.25) is 0 Å². The van der Waals surface area contributed by atoms with Crippen LogP contribution in [0.5, 0.6) is 0 Å². The zero-order valence-corrected chi connectivity index (χ0v) is 20.5. The Morgan fingerprint density at radius 2 is 1.26 bits per heavy atom. The lowest BCUT2D eigenvalue weighted by Crippen LogP contribution is -2.18. The molecule has 0 bridgehead atoms. The molecular formula is C21H40Br2O4. The monoisotopic (exact) mass is 514 g/mol. The van der Waals surface area contributed by atoms with Crippen LogP contribution in [0.15, 0.2) is 0 Å². The van der Waals surface area contributed by atoms with E-state index in [-0.39, 0.29) is 12.1 Å². The van der Waals surface area contributed by atoms with Crippen molar-refractivity contribution in [3.05, 3.63) is 0 Å². The molecule has 4 nitrogen and oxygen atoms in total. The van der Waals surface area contributed by atoms with Crippen LogP contribution in [0.4, 0.5) is 0 Å². The highest BCUT2D eigenvalue weighted by Crippen LogP contribution is 2.15. The molecule has 0 aliphatic heterocycles. The predicted octanol–water partition coefficient (Wildman–Crippen LogP) is 7.26. The van der Waals surface area contributed by atoms with Crippen LogP contribution in [-0.2, 0) is 14.3 Å². The number of alkyl halides is 2. The van der Waals surface area contributed by atoms with Gasteiger partial charge in [-0.25, -0.2) is 0 Å². The SMILES string of the molecule is CCCCCC(CCCCC)OC(=O)CCCCBr.O=C(O)CCCCBr. The average Bonchev–Trinajstić information content (AvgIpc) is 2.62. The van der Waals surface area contributed by atoms with Gasteiger partial charge in [-0.2, -0.15) is 0 Å². The number of esters is 1. The molecule has 0 aromatic heterocycles. The first-order valence-corrected chi connectivity index (χ1v) is 12.8. The van der Waals surface area contributed by atoms with Crippen LogP contribution in [-0.4, -0.2) is 33.8 Å². The van der Waals surface area contributed by atoms with E-state index in [9.17, 15) is 9.59 Å². The fourth-order valence-electron chi connectivity index (χ4n) is 2.49. The topological polar surface area (TPSA) is 63.6 Å². The minimum atomic E-state index is -0.703. The highest BCUT2D eigenvalue weighted by atomic mass is 79.9. The second-order valence-electron chi connectivity index (χ2n) is 6.79. The molecule has 0 heterocycles. The number of carbonyl (C=O) groups excluding carboxylic acids is 1. The summed E-state index contributed by atoms with van der Waals surface area (Å²) in [4.78, 5) is 21.6. The number of rotatable bonds is 17. The number of unbranched alkanes of at least 4 members (excludes halogenated alkanes) is 6. The molecule has 0 aliphatic carbocycles. The summed E-state index contributed by atoms with van der Waals surface area (Å²) in [7, 11) is 0. The van der Waals surface area contributed by atoms with Gasteiger partial charge in [0.05, 0.1) is 0 Å². The van der Waals surface area contributed by atoms with Crippen molar-refractivity contribution in [3.8, 4) is 0 Å². The lowest BCUT2D eigenvalue weighted by atomic mass is 10.0. The zero-order chi connectivity index (χ0) is 20.8. The summed E-state index contributed by atoms with van der Waals surface area (Å²) in [6.45, 7) is 4.41. The number of carboxylic acid groups (broad SMARTS) is 1. The smallest absolute Gasteiger partial charge is 0.306 e. The van der Waals surface area contributed by atoms with Gasteiger partial charge < -0.3 is 9.84 Å². The van der Waals surface area contributed by atoms with E-state index in [1.54, 1.807) is 0 Å². The van der Waals surface area contributed by atoms with Gasteiger partial charge in [0.1, 0.15) is 6.10 Å². The molecule has 0 aliphatic rings. The van der Waals surface area contributed by atoms with Gasteiger partial charge >= 0.3 is 11.9 Å². The first-order chi connectivity index (χ1) is 13.0. The Balaban J connectivity index is 0. The second-order valence-corrected chi connectivity index (χ2v) is 8.38. The largest absolute Gasteiger partial charge is 0.481 e. The maximum Gasteiger partial charge on any atom is 0.306 e. The number of ether oxygens (including phenoxy) is 1. The predicted molar refractivity (Wildman–Crippen MR) is 121 cm³/mol. The zero-order valence-electron chi connectivity index (χ0n) is 17.3. The van der Waals surface area contributed by atoms with Crippen molar-refractivity contribution >= 4 is 43.8 Å². The van der Waals surface area contributed by atoms with E-state index in [1.165, 1.54) is 38.5 Å². The summed E-state index contributed by atoms with van der Waals surface area (Å²) >= 11 is 6.59. The average molecular weight is 516 g/mol. The first kappa shape index (κ1) is 29.1. The molecule has 6 heteroatoms. The van der Waals surface area contributed by atoms with Crippen molar-refractivity contribution in [3.63, 3.8) is 0 Å². The van der Waals surface area contributed by atoms with E-state index in [4.69, 9.17) is 9.84 Å². The minimum Gasteiger partial charge on any atom is -0.481 e. The van der Waals surface area contributed by atoms with Crippen molar-refractivity contribution < 1.29 is 19.4 Å². The lowest BCUT2D eigenvalue weighted by Gasteiger charge is -2.18. The Kier molecular flexibility index (Phi) is 25.8. The number of hydrogen-bond donors (Lipinski definition) is 1. The number of carbonyl (C=O) groups is 2. The van der Waals surface area contributed by atoms with Gasteiger partial charge in [-0.1, -0.05) is 71.4 Å². The van der Waals surface area contributed by atoms with Crippen molar-refractivity contribution in [1.82, 2.24) is 0 Å². The van der Waals surface area contributed by atoms with Gasteiger partial charge in [-0.05, 0) is 51.4 Å². The molecule has 162 valence electrons. The molecule has 0 unspecified atom stereocenters. The van der Waals surface area contributed by atoms with E-state index in [0.29, 0.717) is 12.8 Å². The Labute approximate surface area is 183 Å². The van der Waals surface area contributed by atoms with Gasteiger partial charge in [0, 0.05) is 23.5 Å². The van der Waals surface area contributed by atoms with Gasteiger partial charge in [-0.15, -0.1) is 0 Å². The molecule has 0 amide bonds. The molecule has 0 aromatic rings. The summed E-state index contributed by atoms with van der Waals surface area (Å²) in [6.07, 6.45) is 14.1. The van der Waals surface area contributed by atoms with Crippen molar-refractivity contribution in [2.45, 2.75) is 110 Å². The molecule has 0 atom stereocenters. The molecule has 0 rings (SSSR count). The fourth-order valence-corrected chi connectivity index (χ4v) is 3.28. The van der Waals surface area contributed by atoms with Crippen LogP contribution in [0.3, 0.4) is 0 Å². The number of aliphatic carboxylic acids is 1. The van der Waals surface area contributed by atoms with E-state index in [1.807, 2.05) is 0 Å². The number of halogens is 2. The maximum absolute atomic E-state index is 11.8. The van der Waals surface area contributed by atoms with Crippen molar-refractivity contribution in [2.75, 3.05) is 10.7 Å². The summed E-state index contributed by atoms with van der Waals surface area (Å²) in [5.74, 6) is -0.704. The third kappa shape index (κ3) is 25.9.